The Morgan fingerprint density at radius 3 is 2.72 bits per heavy atom. The topological polar surface area (TPSA) is 101 Å². The molecule has 3 unspecified atom stereocenters. The number of aliphatic hydroxyl groups excluding tert-OH is 3. The summed E-state index contributed by atoms with van der Waals surface area (Å²) in [6.45, 7) is -0.368. The molecule has 18 heavy (non-hydrogen) atoms. The molecule has 1 aliphatic rings. The number of halogens is 1. The summed E-state index contributed by atoms with van der Waals surface area (Å²) in [7, 11) is 5.42. The standard InChI is InChI=1S/C8H11BIN3O4S/c9-18-8-7(16)5(6(15)3(2-14)17-8)13-1-4(10)11-12-13/h1,3,5-8,14-16H,2H2/t3?,5?,6-,7?,8+/m0/s1. The van der Waals surface area contributed by atoms with Gasteiger partial charge in [0.05, 0.1) is 12.8 Å². The van der Waals surface area contributed by atoms with Crippen molar-refractivity contribution < 1.29 is 20.1 Å². The van der Waals surface area contributed by atoms with Gasteiger partial charge in [0.2, 0.25) is 0 Å². The summed E-state index contributed by atoms with van der Waals surface area (Å²) >= 11 is 2.79. The lowest BCUT2D eigenvalue weighted by molar-refractivity contribution is -0.178. The predicted molar refractivity (Wildman–Crippen MR) is 72.9 cm³/mol. The van der Waals surface area contributed by atoms with Crippen LogP contribution in [0.5, 0.6) is 0 Å². The second kappa shape index (κ2) is 6.05. The monoisotopic (exact) mass is 383 g/mol. The Balaban J connectivity index is 2.29. The van der Waals surface area contributed by atoms with Gasteiger partial charge < -0.3 is 20.1 Å². The van der Waals surface area contributed by atoms with Gasteiger partial charge in [0.15, 0.2) is 7.12 Å². The van der Waals surface area contributed by atoms with Crippen LogP contribution in [-0.2, 0) is 4.74 Å². The molecule has 3 N–H and O–H groups in total. The molecule has 0 saturated carbocycles. The lowest BCUT2D eigenvalue weighted by atomic mass is 9.97. The van der Waals surface area contributed by atoms with Crippen molar-refractivity contribution in [2.45, 2.75) is 29.8 Å². The molecule has 1 fully saturated rings. The van der Waals surface area contributed by atoms with E-state index in [1.807, 2.05) is 22.6 Å². The molecule has 0 bridgehead atoms. The summed E-state index contributed by atoms with van der Waals surface area (Å²) < 4.78 is 7.29. The van der Waals surface area contributed by atoms with E-state index in [4.69, 9.17) is 17.0 Å². The molecule has 7 nitrogen and oxygen atoms in total. The Morgan fingerprint density at radius 2 is 2.22 bits per heavy atom. The van der Waals surface area contributed by atoms with Gasteiger partial charge in [-0.2, -0.15) is 11.6 Å². The second-order valence-corrected chi connectivity index (χ2v) is 5.70. The molecule has 1 aliphatic heterocycles. The lowest BCUT2D eigenvalue weighted by Gasteiger charge is -2.41. The van der Waals surface area contributed by atoms with Crippen molar-refractivity contribution in [2.24, 2.45) is 0 Å². The van der Waals surface area contributed by atoms with Crippen LogP contribution >= 0.6 is 34.2 Å². The number of hydrogen-bond acceptors (Lipinski definition) is 7. The lowest BCUT2D eigenvalue weighted by Crippen LogP contribution is -2.55. The molecule has 2 rings (SSSR count). The number of aliphatic hydroxyl groups is 3. The third kappa shape index (κ3) is 2.68. The van der Waals surface area contributed by atoms with Gasteiger partial charge in [-0.05, 0) is 22.6 Å². The zero-order chi connectivity index (χ0) is 13.3. The van der Waals surface area contributed by atoms with E-state index in [2.05, 4.69) is 10.3 Å². The van der Waals surface area contributed by atoms with Gasteiger partial charge in [-0.1, -0.05) is 5.21 Å². The number of rotatable bonds is 3. The second-order valence-electron chi connectivity index (χ2n) is 3.85. The zero-order valence-corrected chi connectivity index (χ0v) is 12.1. The van der Waals surface area contributed by atoms with Gasteiger partial charge in [-0.3, -0.25) is 0 Å². The third-order valence-electron chi connectivity index (χ3n) is 2.77. The maximum atomic E-state index is 10.1. The molecule has 0 aliphatic carbocycles. The molecule has 1 saturated heterocycles. The average Bonchev–Trinajstić information content (AvgIpc) is 2.76. The first-order valence-corrected chi connectivity index (χ1v) is 7.16. The summed E-state index contributed by atoms with van der Waals surface area (Å²) in [6.07, 6.45) is -1.36. The van der Waals surface area contributed by atoms with Crippen molar-refractivity contribution in [3.8, 4) is 0 Å². The Morgan fingerprint density at radius 1 is 1.50 bits per heavy atom. The quantitative estimate of drug-likeness (QED) is 0.440. The zero-order valence-electron chi connectivity index (χ0n) is 9.13. The highest BCUT2D eigenvalue weighted by Crippen LogP contribution is 2.33. The maximum Gasteiger partial charge on any atom is 0.165 e. The van der Waals surface area contributed by atoms with Crippen LogP contribution in [0.2, 0.25) is 0 Å². The van der Waals surface area contributed by atoms with Crippen LogP contribution in [0.3, 0.4) is 0 Å². The van der Waals surface area contributed by atoms with E-state index in [0.29, 0.717) is 3.70 Å². The minimum Gasteiger partial charge on any atom is -0.394 e. The highest BCUT2D eigenvalue weighted by molar-refractivity contribution is 14.1. The van der Waals surface area contributed by atoms with E-state index >= 15 is 0 Å². The van der Waals surface area contributed by atoms with E-state index in [-0.39, 0.29) is 6.61 Å². The van der Waals surface area contributed by atoms with Gasteiger partial charge in [-0.25, -0.2) is 4.68 Å². The largest absolute Gasteiger partial charge is 0.394 e. The molecule has 0 amide bonds. The van der Waals surface area contributed by atoms with Gasteiger partial charge >= 0.3 is 0 Å². The predicted octanol–water partition coefficient (Wildman–Crippen LogP) is -1.32. The fraction of sp³-hybridized carbons (Fsp3) is 0.750. The average molecular weight is 383 g/mol. The van der Waals surface area contributed by atoms with Crippen molar-refractivity contribution in [2.75, 3.05) is 6.61 Å². The van der Waals surface area contributed by atoms with Gasteiger partial charge in [0.25, 0.3) is 0 Å². The first-order chi connectivity index (χ1) is 8.58. The number of ether oxygens (including phenoxy) is 1. The van der Waals surface area contributed by atoms with Gasteiger partial charge in [0, 0.05) is 0 Å². The van der Waals surface area contributed by atoms with Crippen molar-refractivity contribution in [1.29, 1.82) is 0 Å². The normalized spacial score (nSPS) is 36.8. The van der Waals surface area contributed by atoms with E-state index in [1.165, 1.54) is 4.68 Å². The first kappa shape index (κ1) is 14.5. The third-order valence-corrected chi connectivity index (χ3v) is 3.92. The Labute approximate surface area is 122 Å². The van der Waals surface area contributed by atoms with Crippen LogP contribution in [0, 0.1) is 3.70 Å². The van der Waals surface area contributed by atoms with Crippen molar-refractivity contribution in [3.05, 3.63) is 9.90 Å². The van der Waals surface area contributed by atoms with E-state index < -0.39 is 29.8 Å². The Hall–Kier alpha value is 0.125. The molecule has 0 spiro atoms. The molecular formula is C8H11BIN3O4S. The molecule has 2 heterocycles. The number of aromatic nitrogens is 3. The van der Waals surface area contributed by atoms with Crippen LogP contribution in [-0.4, -0.2) is 67.8 Å². The number of hydrogen-bond donors (Lipinski definition) is 3. The van der Waals surface area contributed by atoms with Crippen LogP contribution in [0.25, 0.3) is 0 Å². The highest BCUT2D eigenvalue weighted by Gasteiger charge is 2.45. The smallest absolute Gasteiger partial charge is 0.165 e. The molecule has 98 valence electrons. The molecule has 0 aromatic carbocycles. The van der Waals surface area contributed by atoms with Crippen molar-refractivity contribution in [3.63, 3.8) is 0 Å². The van der Waals surface area contributed by atoms with Crippen LogP contribution < -0.4 is 0 Å². The van der Waals surface area contributed by atoms with Gasteiger partial charge in [0.1, 0.15) is 33.5 Å². The molecule has 2 radical (unpaired) electrons. The fourth-order valence-electron chi connectivity index (χ4n) is 1.89. The SMILES string of the molecule is [B]S[C@H]1OC(CO)[C@H](O)C(n2cc(I)nn2)C1O. The Kier molecular flexibility index (Phi) is 4.89. The molecule has 1 aromatic rings. The van der Waals surface area contributed by atoms with Gasteiger partial charge in [-0.15, -0.1) is 5.10 Å². The summed E-state index contributed by atoms with van der Waals surface area (Å²) in [6, 6.07) is -0.757. The van der Waals surface area contributed by atoms with Crippen molar-refractivity contribution >= 4 is 41.3 Å². The van der Waals surface area contributed by atoms with Crippen LogP contribution in [0.1, 0.15) is 6.04 Å². The van der Waals surface area contributed by atoms with E-state index in [1.54, 1.807) is 6.20 Å². The minimum absolute atomic E-state index is 0.368. The van der Waals surface area contributed by atoms with Crippen LogP contribution in [0.4, 0.5) is 0 Å². The minimum atomic E-state index is -1.09. The fourth-order valence-corrected chi connectivity index (χ4v) is 2.80. The van der Waals surface area contributed by atoms with E-state index in [9.17, 15) is 10.2 Å². The Bertz CT molecular complexity index is 395. The molecule has 1 aromatic heterocycles. The maximum absolute atomic E-state index is 10.1. The highest BCUT2D eigenvalue weighted by atomic mass is 127. The molecule has 10 heteroatoms. The summed E-state index contributed by atoms with van der Waals surface area (Å²) in [5, 5.41) is 37.0. The van der Waals surface area contributed by atoms with Crippen molar-refractivity contribution in [1.82, 2.24) is 15.0 Å². The first-order valence-electron chi connectivity index (χ1n) is 5.13. The number of nitrogens with zero attached hydrogens (tertiary/aromatic N) is 3. The summed E-state index contributed by atoms with van der Waals surface area (Å²) in [5.41, 5.74) is -0.739. The summed E-state index contributed by atoms with van der Waals surface area (Å²) in [4.78, 5) is 0. The van der Waals surface area contributed by atoms with E-state index in [0.717, 1.165) is 11.6 Å². The van der Waals surface area contributed by atoms with Crippen LogP contribution in [0.15, 0.2) is 6.20 Å². The summed E-state index contributed by atoms with van der Waals surface area (Å²) in [5.74, 6) is 0. The molecule has 5 atom stereocenters. The molecular weight excluding hydrogens is 372 g/mol.